The average molecular weight is 226 g/mol. The van der Waals surface area contributed by atoms with Gasteiger partial charge < -0.3 is 5.73 Å². The first-order valence-corrected chi connectivity index (χ1v) is 5.39. The lowest BCUT2D eigenvalue weighted by atomic mass is 9.80. The lowest BCUT2D eigenvalue weighted by Crippen LogP contribution is -2.37. The highest BCUT2D eigenvalue weighted by Gasteiger charge is 2.28. The van der Waals surface area contributed by atoms with E-state index in [-0.39, 0.29) is 17.7 Å². The molecule has 0 aromatic rings. The quantitative estimate of drug-likeness (QED) is 0.751. The van der Waals surface area contributed by atoms with E-state index < -0.39 is 0 Å². The molecule has 1 aliphatic rings. The Morgan fingerprint density at radius 2 is 2.27 bits per heavy atom. The van der Waals surface area contributed by atoms with Gasteiger partial charge in [0.1, 0.15) is 5.78 Å². The minimum absolute atomic E-state index is 0.143. The Morgan fingerprint density at radius 3 is 2.73 bits per heavy atom. The molecule has 0 aromatic heterocycles. The number of carbonyl (C=O) groups is 1. The smallest absolute Gasteiger partial charge is 0.149 e. The van der Waals surface area contributed by atoms with Crippen LogP contribution in [0.25, 0.3) is 0 Å². The third kappa shape index (κ3) is 3.05. The Labute approximate surface area is 95.5 Å². The average Bonchev–Trinajstić information content (AvgIpc) is 2.18. The predicted molar refractivity (Wildman–Crippen MR) is 63.6 cm³/mol. The molecule has 15 heavy (non-hydrogen) atoms. The Bertz CT molecular complexity index is 320. The Balaban J connectivity index is 2.79. The summed E-state index contributed by atoms with van der Waals surface area (Å²) in [6.07, 6.45) is 5.53. The zero-order chi connectivity index (χ0) is 11.4. The minimum Gasteiger partial charge on any atom is -0.321 e. The molecule has 2 unspecified atom stereocenters. The molecule has 2 atom stereocenters. The first-order valence-electron chi connectivity index (χ1n) is 5.02. The largest absolute Gasteiger partial charge is 0.321 e. The van der Waals surface area contributed by atoms with Crippen molar-refractivity contribution in [3.8, 4) is 0 Å². The molecule has 2 N–H and O–H groups in total. The van der Waals surface area contributed by atoms with Crippen molar-refractivity contribution < 1.29 is 4.79 Å². The van der Waals surface area contributed by atoms with Gasteiger partial charge in [-0.1, -0.05) is 36.9 Å². The normalized spacial score (nSPS) is 27.6. The highest BCUT2D eigenvalue weighted by Crippen LogP contribution is 2.32. The van der Waals surface area contributed by atoms with Crippen molar-refractivity contribution in [3.63, 3.8) is 0 Å². The fraction of sp³-hybridized carbons (Fsp3) is 0.417. The van der Waals surface area contributed by atoms with E-state index in [9.17, 15) is 4.79 Å². The molecule has 1 aliphatic carbocycles. The number of rotatable bonds is 3. The first kappa shape index (κ1) is 12.2. The number of nitrogens with two attached hydrogens (primary N) is 1. The van der Waals surface area contributed by atoms with Gasteiger partial charge in [-0.15, -0.1) is 0 Å². The number of halogens is 1. The molecule has 82 valence electrons. The van der Waals surface area contributed by atoms with E-state index in [1.807, 2.05) is 6.08 Å². The Morgan fingerprint density at radius 1 is 1.60 bits per heavy atom. The van der Waals surface area contributed by atoms with Gasteiger partial charge in [-0.3, -0.25) is 4.79 Å². The third-order valence-corrected chi connectivity index (χ3v) is 2.96. The van der Waals surface area contributed by atoms with Crippen LogP contribution in [0.5, 0.6) is 0 Å². The third-order valence-electron chi connectivity index (χ3n) is 2.74. The van der Waals surface area contributed by atoms with Crippen LogP contribution < -0.4 is 5.73 Å². The Kier molecular flexibility index (Phi) is 4.30. The van der Waals surface area contributed by atoms with Crippen molar-refractivity contribution in [2.75, 3.05) is 0 Å². The summed E-state index contributed by atoms with van der Waals surface area (Å²) in [6.45, 7) is 7.35. The van der Waals surface area contributed by atoms with Crippen LogP contribution in [0.2, 0.25) is 0 Å². The number of hydrogen-bond acceptors (Lipinski definition) is 2. The van der Waals surface area contributed by atoms with Crippen molar-refractivity contribution in [2.45, 2.75) is 25.3 Å². The number of hydrogen-bond donors (Lipinski definition) is 1. The van der Waals surface area contributed by atoms with Crippen molar-refractivity contribution in [1.82, 2.24) is 0 Å². The summed E-state index contributed by atoms with van der Waals surface area (Å²) in [4.78, 5) is 11.3. The van der Waals surface area contributed by atoms with E-state index in [4.69, 9.17) is 17.3 Å². The standard InChI is InChI=1S/C12H16ClNO/c1-3-4-10(8(2)13)9-5-6-12(15)11(14)7-9/h3-4,9,11H,1-2,5-7,14H2/b10-4+. The van der Waals surface area contributed by atoms with E-state index in [2.05, 4.69) is 13.2 Å². The highest BCUT2D eigenvalue weighted by molar-refractivity contribution is 6.31. The molecule has 0 heterocycles. The van der Waals surface area contributed by atoms with E-state index in [0.717, 1.165) is 12.0 Å². The van der Waals surface area contributed by atoms with E-state index in [0.29, 0.717) is 17.9 Å². The molecule has 0 bridgehead atoms. The molecule has 0 aromatic carbocycles. The number of ketones is 1. The summed E-state index contributed by atoms with van der Waals surface area (Å²) in [5.74, 6) is 0.380. The lowest BCUT2D eigenvalue weighted by molar-refractivity contribution is -0.122. The maximum Gasteiger partial charge on any atom is 0.149 e. The topological polar surface area (TPSA) is 43.1 Å². The molecule has 0 radical (unpaired) electrons. The zero-order valence-corrected chi connectivity index (χ0v) is 9.46. The van der Waals surface area contributed by atoms with Crippen molar-refractivity contribution in [3.05, 3.63) is 35.9 Å². The summed E-state index contributed by atoms with van der Waals surface area (Å²) in [7, 11) is 0. The molecule has 1 rings (SSSR count). The van der Waals surface area contributed by atoms with Crippen molar-refractivity contribution in [2.24, 2.45) is 11.7 Å². The van der Waals surface area contributed by atoms with Crippen LogP contribution >= 0.6 is 11.6 Å². The number of allylic oxidation sites excluding steroid dienone is 4. The van der Waals surface area contributed by atoms with Gasteiger partial charge in [-0.2, -0.15) is 0 Å². The van der Waals surface area contributed by atoms with E-state index in [1.165, 1.54) is 0 Å². The van der Waals surface area contributed by atoms with Crippen LogP contribution in [-0.2, 0) is 4.79 Å². The predicted octanol–water partition coefficient (Wildman–Crippen LogP) is 2.55. The molecule has 2 nitrogen and oxygen atoms in total. The second-order valence-electron chi connectivity index (χ2n) is 3.81. The fourth-order valence-corrected chi connectivity index (χ4v) is 2.13. The summed E-state index contributed by atoms with van der Waals surface area (Å²) < 4.78 is 0. The van der Waals surface area contributed by atoms with Gasteiger partial charge in [0.15, 0.2) is 0 Å². The van der Waals surface area contributed by atoms with Crippen molar-refractivity contribution in [1.29, 1.82) is 0 Å². The van der Waals surface area contributed by atoms with E-state index >= 15 is 0 Å². The molecule has 0 spiro atoms. The van der Waals surface area contributed by atoms with Gasteiger partial charge in [-0.05, 0) is 24.3 Å². The summed E-state index contributed by atoms with van der Waals surface area (Å²) >= 11 is 5.90. The van der Waals surface area contributed by atoms with Crippen LogP contribution in [0.3, 0.4) is 0 Å². The van der Waals surface area contributed by atoms with Crippen molar-refractivity contribution >= 4 is 17.4 Å². The summed E-state index contributed by atoms with van der Waals surface area (Å²) in [5, 5.41) is 0.515. The van der Waals surface area contributed by atoms with Crippen LogP contribution in [0.1, 0.15) is 19.3 Å². The molecular formula is C12H16ClNO. The molecule has 0 amide bonds. The molecule has 0 aliphatic heterocycles. The molecular weight excluding hydrogens is 210 g/mol. The first-order chi connectivity index (χ1) is 7.06. The summed E-state index contributed by atoms with van der Waals surface area (Å²) in [5.41, 5.74) is 6.68. The maximum absolute atomic E-state index is 11.3. The van der Waals surface area contributed by atoms with Gasteiger partial charge in [0.2, 0.25) is 0 Å². The maximum atomic E-state index is 11.3. The number of carbonyl (C=O) groups excluding carboxylic acids is 1. The van der Waals surface area contributed by atoms with Crippen LogP contribution in [0.15, 0.2) is 35.9 Å². The van der Waals surface area contributed by atoms with Gasteiger partial charge in [0.05, 0.1) is 6.04 Å². The SMILES string of the molecule is C=C/C=C(\C(=C)Cl)C1CCC(=O)C(N)C1. The molecule has 1 fully saturated rings. The monoisotopic (exact) mass is 225 g/mol. The molecule has 0 saturated heterocycles. The van der Waals surface area contributed by atoms with Gasteiger partial charge in [0, 0.05) is 11.5 Å². The van der Waals surface area contributed by atoms with Crippen LogP contribution in [-0.4, -0.2) is 11.8 Å². The van der Waals surface area contributed by atoms with Gasteiger partial charge >= 0.3 is 0 Å². The Hall–Kier alpha value is -0.860. The molecule has 3 heteroatoms. The number of Topliss-reactive ketones (excluding diaryl/α,β-unsaturated/α-hetero) is 1. The van der Waals surface area contributed by atoms with Gasteiger partial charge in [0.25, 0.3) is 0 Å². The lowest BCUT2D eigenvalue weighted by Gasteiger charge is -2.27. The highest BCUT2D eigenvalue weighted by atomic mass is 35.5. The second-order valence-corrected chi connectivity index (χ2v) is 4.26. The van der Waals surface area contributed by atoms with E-state index in [1.54, 1.807) is 6.08 Å². The zero-order valence-electron chi connectivity index (χ0n) is 8.71. The minimum atomic E-state index is -0.354. The fourth-order valence-electron chi connectivity index (χ4n) is 1.92. The van der Waals surface area contributed by atoms with Crippen LogP contribution in [0, 0.1) is 5.92 Å². The second kappa shape index (κ2) is 5.29. The van der Waals surface area contributed by atoms with Gasteiger partial charge in [-0.25, -0.2) is 0 Å². The van der Waals surface area contributed by atoms with Crippen LogP contribution in [0.4, 0.5) is 0 Å². The molecule has 1 saturated carbocycles. The summed E-state index contributed by atoms with van der Waals surface area (Å²) in [6, 6.07) is -0.354.